The van der Waals surface area contributed by atoms with Crippen LogP contribution in [0.5, 0.6) is 11.5 Å². The van der Waals surface area contributed by atoms with Gasteiger partial charge in [0.15, 0.2) is 0 Å². The van der Waals surface area contributed by atoms with Gasteiger partial charge in [-0.2, -0.15) is 0 Å². The lowest BCUT2D eigenvalue weighted by atomic mass is 9.84. The highest BCUT2D eigenvalue weighted by Gasteiger charge is 2.45. The molecule has 1 aromatic carbocycles. The van der Waals surface area contributed by atoms with Gasteiger partial charge < -0.3 is 25.2 Å². The van der Waals surface area contributed by atoms with Gasteiger partial charge in [-0.25, -0.2) is 0 Å². The molecule has 0 aromatic heterocycles. The molecule has 190 valence electrons. The lowest BCUT2D eigenvalue weighted by molar-refractivity contribution is -0.127. The fourth-order valence-corrected chi connectivity index (χ4v) is 5.33. The largest absolute Gasteiger partial charge is 0.508 e. The molecular formula is C28H38N2O5. The highest BCUT2D eigenvalue weighted by atomic mass is 16.5. The van der Waals surface area contributed by atoms with Gasteiger partial charge in [-0.3, -0.25) is 9.59 Å². The second-order valence-corrected chi connectivity index (χ2v) is 10.7. The van der Waals surface area contributed by atoms with Crippen molar-refractivity contribution in [3.05, 3.63) is 46.1 Å². The van der Waals surface area contributed by atoms with Crippen molar-refractivity contribution in [3.8, 4) is 11.5 Å². The number of hydrogen-bond acceptors (Lipinski definition) is 5. The molecule has 3 heterocycles. The number of phenols is 1. The molecule has 3 unspecified atom stereocenters. The van der Waals surface area contributed by atoms with Crippen LogP contribution < -0.4 is 10.1 Å². The van der Waals surface area contributed by atoms with Crippen LogP contribution in [0.1, 0.15) is 87.7 Å². The number of rotatable bonds is 7. The molecular weight excluding hydrogens is 444 g/mol. The molecule has 3 atom stereocenters. The van der Waals surface area contributed by atoms with Crippen molar-refractivity contribution in [2.24, 2.45) is 0 Å². The van der Waals surface area contributed by atoms with Gasteiger partial charge >= 0.3 is 0 Å². The summed E-state index contributed by atoms with van der Waals surface area (Å²) < 4.78 is 6.43. The highest BCUT2D eigenvalue weighted by Crippen LogP contribution is 2.46. The van der Waals surface area contributed by atoms with Crippen LogP contribution in [0, 0.1) is 0 Å². The summed E-state index contributed by atoms with van der Waals surface area (Å²) in [4.78, 5) is 27.2. The molecule has 3 N–H and O–H groups in total. The van der Waals surface area contributed by atoms with Gasteiger partial charge in [0.05, 0.1) is 18.2 Å². The Morgan fingerprint density at radius 3 is 2.71 bits per heavy atom. The van der Waals surface area contributed by atoms with Crippen molar-refractivity contribution in [1.82, 2.24) is 10.2 Å². The number of amides is 2. The number of aliphatic hydroxyl groups excluding tert-OH is 1. The van der Waals surface area contributed by atoms with E-state index in [9.17, 15) is 19.8 Å². The molecule has 1 aromatic rings. The number of hydrogen-bond donors (Lipinski definition) is 3. The number of carbonyl (C=O) groups is 2. The molecule has 3 aliphatic heterocycles. The fraction of sp³-hybridized carbons (Fsp3) is 0.571. The maximum Gasteiger partial charge on any atom is 0.255 e. The van der Waals surface area contributed by atoms with Crippen LogP contribution >= 0.6 is 0 Å². The number of piperidine rings is 1. The maximum absolute atomic E-state index is 13.2. The number of nitrogens with zero attached hydrogens (tertiary/aromatic N) is 1. The van der Waals surface area contributed by atoms with Gasteiger partial charge in [-0.05, 0) is 72.3 Å². The Morgan fingerprint density at radius 2 is 2.00 bits per heavy atom. The van der Waals surface area contributed by atoms with Crippen molar-refractivity contribution in [2.45, 2.75) is 96.9 Å². The van der Waals surface area contributed by atoms with E-state index >= 15 is 0 Å². The number of aromatic hydroxyl groups is 1. The third-order valence-corrected chi connectivity index (χ3v) is 7.58. The summed E-state index contributed by atoms with van der Waals surface area (Å²) in [5.41, 5.74) is 3.40. The number of phenolic OH excluding ortho intramolecular Hbond substituents is 1. The Morgan fingerprint density at radius 1 is 1.23 bits per heavy atom. The molecule has 7 nitrogen and oxygen atoms in total. The van der Waals surface area contributed by atoms with Gasteiger partial charge in [0.1, 0.15) is 23.1 Å². The van der Waals surface area contributed by atoms with Crippen LogP contribution in [0.4, 0.5) is 0 Å². The quantitative estimate of drug-likeness (QED) is 0.507. The van der Waals surface area contributed by atoms with E-state index in [1.54, 1.807) is 4.90 Å². The summed E-state index contributed by atoms with van der Waals surface area (Å²) in [7, 11) is 0. The van der Waals surface area contributed by atoms with Gasteiger partial charge in [0, 0.05) is 24.1 Å². The summed E-state index contributed by atoms with van der Waals surface area (Å²) in [6.07, 6.45) is 8.75. The van der Waals surface area contributed by atoms with Crippen LogP contribution in [0.3, 0.4) is 0 Å². The molecule has 2 amide bonds. The van der Waals surface area contributed by atoms with E-state index in [0.29, 0.717) is 41.8 Å². The number of benzene rings is 1. The predicted molar refractivity (Wildman–Crippen MR) is 134 cm³/mol. The van der Waals surface area contributed by atoms with E-state index in [1.807, 2.05) is 6.92 Å². The molecule has 0 spiro atoms. The second kappa shape index (κ2) is 10.1. The van der Waals surface area contributed by atoms with Crippen molar-refractivity contribution in [3.63, 3.8) is 0 Å². The lowest BCUT2D eigenvalue weighted by Gasteiger charge is -2.41. The van der Waals surface area contributed by atoms with Crippen LogP contribution in [-0.2, 0) is 17.8 Å². The zero-order valence-electron chi connectivity index (χ0n) is 21.3. The Balaban J connectivity index is 1.53. The molecule has 0 radical (unpaired) electrons. The predicted octanol–water partition coefficient (Wildman–Crippen LogP) is 4.15. The molecule has 4 rings (SSSR count). The number of fused-ring (bicyclic) bond motifs is 3. The first-order valence-corrected chi connectivity index (χ1v) is 12.7. The van der Waals surface area contributed by atoms with Crippen molar-refractivity contribution < 1.29 is 24.5 Å². The van der Waals surface area contributed by atoms with Gasteiger partial charge in [0.25, 0.3) is 5.91 Å². The summed E-state index contributed by atoms with van der Waals surface area (Å²) in [5, 5.41) is 24.5. The minimum absolute atomic E-state index is 0.0434. The van der Waals surface area contributed by atoms with Crippen molar-refractivity contribution in [2.75, 3.05) is 6.54 Å². The number of aliphatic hydroxyl groups is 1. The summed E-state index contributed by atoms with van der Waals surface area (Å²) >= 11 is 0. The Kier molecular flexibility index (Phi) is 7.27. The third-order valence-electron chi connectivity index (χ3n) is 7.58. The first-order valence-electron chi connectivity index (χ1n) is 12.7. The van der Waals surface area contributed by atoms with Crippen molar-refractivity contribution in [1.29, 1.82) is 0 Å². The maximum atomic E-state index is 13.2. The first kappa shape index (κ1) is 25.3. The monoisotopic (exact) mass is 482 g/mol. The van der Waals surface area contributed by atoms with Crippen LogP contribution in [0.2, 0.25) is 0 Å². The normalized spacial score (nSPS) is 26.1. The van der Waals surface area contributed by atoms with E-state index in [-0.39, 0.29) is 30.5 Å². The topological polar surface area (TPSA) is 99.1 Å². The number of allylic oxidation sites excluding steroid dienone is 4. The fourth-order valence-electron chi connectivity index (χ4n) is 5.33. The minimum atomic E-state index is -0.843. The van der Waals surface area contributed by atoms with E-state index in [2.05, 4.69) is 38.2 Å². The van der Waals surface area contributed by atoms with Crippen LogP contribution in [-0.4, -0.2) is 51.2 Å². The molecule has 1 fully saturated rings. The Bertz CT molecular complexity index is 1070. The van der Waals surface area contributed by atoms with Crippen LogP contribution in [0.15, 0.2) is 29.4 Å². The summed E-state index contributed by atoms with van der Waals surface area (Å²) in [6.45, 7) is 9.12. The SMILES string of the molecule is CC(C)=CCC/C(C)=C/CCC1(C)Oc2c(c(O)cc3c2CN(C2CCCNC2=O)C3=O)CC1O. The number of nitrogens with one attached hydrogen (secondary N) is 1. The zero-order chi connectivity index (χ0) is 25.3. The van der Waals surface area contributed by atoms with E-state index in [4.69, 9.17) is 4.74 Å². The molecule has 35 heavy (non-hydrogen) atoms. The standard InChI is InChI=1S/C28H38N2O5/c1-17(2)8-5-9-18(3)10-6-12-28(4)24(32)15-20-23(31)14-19-21(25(20)35-28)16-30(27(19)34)22-11-7-13-29-26(22)33/h8,10,14,22,24,31-32H,5-7,9,11-13,15-16H2,1-4H3,(H,29,33)/b18-10+. The number of carbonyl (C=O) groups excluding carboxylic acids is 2. The minimum Gasteiger partial charge on any atom is -0.508 e. The molecule has 0 saturated carbocycles. The lowest BCUT2D eigenvalue weighted by Crippen LogP contribution is -2.50. The smallest absolute Gasteiger partial charge is 0.255 e. The van der Waals surface area contributed by atoms with Gasteiger partial charge in [-0.1, -0.05) is 23.3 Å². The van der Waals surface area contributed by atoms with Gasteiger partial charge in [-0.15, -0.1) is 0 Å². The Hall–Kier alpha value is -2.80. The third kappa shape index (κ3) is 5.10. The average molecular weight is 483 g/mol. The molecule has 3 aliphatic rings. The van der Waals surface area contributed by atoms with Crippen LogP contribution in [0.25, 0.3) is 0 Å². The van der Waals surface area contributed by atoms with E-state index in [1.165, 1.54) is 17.2 Å². The van der Waals surface area contributed by atoms with Gasteiger partial charge in [0.2, 0.25) is 5.91 Å². The number of ether oxygens (including phenoxy) is 1. The average Bonchev–Trinajstić information content (AvgIpc) is 3.11. The molecule has 1 saturated heterocycles. The highest BCUT2D eigenvalue weighted by molar-refractivity contribution is 6.02. The molecule has 7 heteroatoms. The summed E-state index contributed by atoms with van der Waals surface area (Å²) in [6, 6.07) is 0.954. The van der Waals surface area contributed by atoms with E-state index < -0.39 is 17.7 Å². The first-order chi connectivity index (χ1) is 16.6. The Labute approximate surface area is 207 Å². The second-order valence-electron chi connectivity index (χ2n) is 10.7. The van der Waals surface area contributed by atoms with Crippen molar-refractivity contribution >= 4 is 11.8 Å². The molecule has 0 bridgehead atoms. The van der Waals surface area contributed by atoms with E-state index in [0.717, 1.165) is 25.7 Å². The molecule has 0 aliphatic carbocycles. The zero-order valence-corrected chi connectivity index (χ0v) is 21.3. The summed E-state index contributed by atoms with van der Waals surface area (Å²) in [5.74, 6) is 0.0530.